The average molecular weight is 401 g/mol. The third-order valence-corrected chi connectivity index (χ3v) is 6.62. The lowest BCUT2D eigenvalue weighted by atomic mass is 10.0. The van der Waals surface area contributed by atoms with E-state index in [0.29, 0.717) is 5.56 Å². The first-order valence-electron chi connectivity index (χ1n) is 9.61. The van der Waals surface area contributed by atoms with Gasteiger partial charge in [-0.15, -0.1) is 11.8 Å². The Bertz CT molecular complexity index is 1200. The minimum Gasteiger partial charge on any atom is -0.339 e. The van der Waals surface area contributed by atoms with Gasteiger partial charge in [-0.3, -0.25) is 10.0 Å². The molecule has 0 atom stereocenters. The number of rotatable bonds is 4. The van der Waals surface area contributed by atoms with Gasteiger partial charge < -0.3 is 4.57 Å². The predicted octanol–water partition coefficient (Wildman–Crippen LogP) is 5.12. The Morgan fingerprint density at radius 3 is 2.55 bits per heavy atom. The van der Waals surface area contributed by atoms with E-state index in [0.717, 1.165) is 24.3 Å². The van der Waals surface area contributed by atoms with Crippen molar-refractivity contribution in [2.24, 2.45) is 0 Å². The number of hydrogen-bond donors (Lipinski definition) is 2. The number of carbonyl (C=O) groups is 1. The fourth-order valence-electron chi connectivity index (χ4n) is 4.04. The molecule has 0 bridgehead atoms. The highest BCUT2D eigenvalue weighted by Crippen LogP contribution is 2.41. The molecular formula is C24H20N2O2S. The number of amides is 1. The zero-order valence-corrected chi connectivity index (χ0v) is 16.6. The number of benzene rings is 3. The van der Waals surface area contributed by atoms with Gasteiger partial charge in [-0.2, -0.15) is 0 Å². The molecule has 1 aliphatic heterocycles. The van der Waals surface area contributed by atoms with Crippen molar-refractivity contribution in [2.75, 3.05) is 5.75 Å². The fraction of sp³-hybridized carbons (Fsp3) is 0.125. The number of aromatic nitrogens is 1. The third-order valence-electron chi connectivity index (χ3n) is 5.47. The molecule has 5 rings (SSSR count). The van der Waals surface area contributed by atoms with Crippen LogP contribution in [0.4, 0.5) is 0 Å². The van der Waals surface area contributed by atoms with Crippen LogP contribution >= 0.6 is 11.8 Å². The molecule has 0 saturated carbocycles. The Hall–Kier alpha value is -3.02. The van der Waals surface area contributed by atoms with Crippen LogP contribution in [0.25, 0.3) is 22.0 Å². The molecule has 0 unspecified atom stereocenters. The Morgan fingerprint density at radius 2 is 1.79 bits per heavy atom. The minimum atomic E-state index is -0.492. The number of hydrogen-bond acceptors (Lipinski definition) is 3. The molecule has 29 heavy (non-hydrogen) atoms. The molecule has 3 aromatic carbocycles. The van der Waals surface area contributed by atoms with Gasteiger partial charge in [0, 0.05) is 39.4 Å². The van der Waals surface area contributed by atoms with Gasteiger partial charge in [0.25, 0.3) is 5.91 Å². The van der Waals surface area contributed by atoms with Crippen LogP contribution in [0.3, 0.4) is 0 Å². The zero-order valence-electron chi connectivity index (χ0n) is 15.8. The molecule has 0 spiro atoms. The smallest absolute Gasteiger partial charge is 0.274 e. The van der Waals surface area contributed by atoms with Gasteiger partial charge >= 0.3 is 0 Å². The summed E-state index contributed by atoms with van der Waals surface area (Å²) in [5.74, 6) is 0.625. The van der Waals surface area contributed by atoms with E-state index in [1.807, 2.05) is 30.0 Å². The molecule has 1 aromatic heterocycles. The summed E-state index contributed by atoms with van der Waals surface area (Å²) in [7, 11) is 0. The summed E-state index contributed by atoms with van der Waals surface area (Å²) >= 11 is 1.94. The van der Waals surface area contributed by atoms with Gasteiger partial charge in [0.05, 0.1) is 0 Å². The molecular weight excluding hydrogens is 380 g/mol. The van der Waals surface area contributed by atoms with Crippen molar-refractivity contribution in [1.82, 2.24) is 10.0 Å². The van der Waals surface area contributed by atoms with Crippen LogP contribution < -0.4 is 5.48 Å². The van der Waals surface area contributed by atoms with Gasteiger partial charge in [-0.25, -0.2) is 5.48 Å². The maximum absolute atomic E-state index is 11.5. The second-order valence-electron chi connectivity index (χ2n) is 7.20. The third kappa shape index (κ3) is 3.22. The van der Waals surface area contributed by atoms with Crippen molar-refractivity contribution in [3.05, 3.63) is 89.6 Å². The van der Waals surface area contributed by atoms with E-state index in [2.05, 4.69) is 47.0 Å². The first kappa shape index (κ1) is 18.0. The van der Waals surface area contributed by atoms with Crippen molar-refractivity contribution in [3.63, 3.8) is 0 Å². The number of fused-ring (bicyclic) bond motifs is 3. The van der Waals surface area contributed by atoms with Gasteiger partial charge in [-0.05, 0) is 47.4 Å². The van der Waals surface area contributed by atoms with E-state index in [1.165, 1.54) is 32.6 Å². The van der Waals surface area contributed by atoms with Crippen LogP contribution in [-0.4, -0.2) is 21.4 Å². The Kier molecular flexibility index (Phi) is 4.62. The first-order chi connectivity index (χ1) is 14.2. The SMILES string of the molecule is O=C(NO)c1ccc(Cn2c3c(c4cc(-c5ccccc5)ccc42)SCC3)cc1. The average Bonchev–Trinajstić information content (AvgIpc) is 3.37. The highest BCUT2D eigenvalue weighted by atomic mass is 32.2. The quantitative estimate of drug-likeness (QED) is 0.369. The van der Waals surface area contributed by atoms with Crippen LogP contribution in [0, 0.1) is 0 Å². The standard InChI is InChI=1S/C24H20N2O2S/c27-24(25-28)18-8-6-16(7-9-18)15-26-21-11-10-19(17-4-2-1-3-5-17)14-20(21)23-22(26)12-13-29-23/h1-11,14,28H,12-13,15H2,(H,25,27). The lowest BCUT2D eigenvalue weighted by Crippen LogP contribution is -2.18. The molecule has 0 saturated heterocycles. The maximum Gasteiger partial charge on any atom is 0.274 e. The molecule has 4 nitrogen and oxygen atoms in total. The molecule has 5 heteroatoms. The van der Waals surface area contributed by atoms with E-state index in [-0.39, 0.29) is 0 Å². The van der Waals surface area contributed by atoms with Gasteiger partial charge in [0.15, 0.2) is 0 Å². The fourth-order valence-corrected chi connectivity index (χ4v) is 5.23. The monoisotopic (exact) mass is 400 g/mol. The highest BCUT2D eigenvalue weighted by molar-refractivity contribution is 7.99. The van der Waals surface area contributed by atoms with E-state index in [1.54, 1.807) is 17.6 Å². The van der Waals surface area contributed by atoms with Crippen molar-refractivity contribution in [1.29, 1.82) is 0 Å². The van der Waals surface area contributed by atoms with Crippen molar-refractivity contribution < 1.29 is 10.0 Å². The molecule has 0 fully saturated rings. The maximum atomic E-state index is 11.5. The summed E-state index contributed by atoms with van der Waals surface area (Å²) in [4.78, 5) is 12.9. The molecule has 0 radical (unpaired) electrons. The second kappa shape index (κ2) is 7.43. The second-order valence-corrected chi connectivity index (χ2v) is 8.30. The zero-order chi connectivity index (χ0) is 19.8. The number of hydroxylamine groups is 1. The summed E-state index contributed by atoms with van der Waals surface area (Å²) in [5, 5.41) is 10.1. The molecule has 2 N–H and O–H groups in total. The van der Waals surface area contributed by atoms with Crippen molar-refractivity contribution in [3.8, 4) is 11.1 Å². The van der Waals surface area contributed by atoms with Crippen LogP contribution in [0.1, 0.15) is 21.6 Å². The summed E-state index contributed by atoms with van der Waals surface area (Å²) in [6, 6.07) is 24.6. The van der Waals surface area contributed by atoms with Crippen molar-refractivity contribution >= 4 is 28.6 Å². The predicted molar refractivity (Wildman–Crippen MR) is 117 cm³/mol. The molecule has 1 aliphatic rings. The van der Waals surface area contributed by atoms with Gasteiger partial charge in [0.1, 0.15) is 0 Å². The molecule has 2 heterocycles. The minimum absolute atomic E-state index is 0.446. The van der Waals surface area contributed by atoms with E-state index < -0.39 is 5.91 Å². The molecule has 4 aromatic rings. The van der Waals surface area contributed by atoms with Crippen LogP contribution in [0.5, 0.6) is 0 Å². The number of carbonyl (C=O) groups excluding carboxylic acids is 1. The number of nitrogens with one attached hydrogen (secondary N) is 1. The van der Waals surface area contributed by atoms with Crippen LogP contribution in [-0.2, 0) is 13.0 Å². The highest BCUT2D eigenvalue weighted by Gasteiger charge is 2.22. The Labute approximate surface area is 173 Å². The normalized spacial score (nSPS) is 12.9. The van der Waals surface area contributed by atoms with Crippen molar-refractivity contribution in [2.45, 2.75) is 17.9 Å². The largest absolute Gasteiger partial charge is 0.339 e. The lowest BCUT2D eigenvalue weighted by molar-refractivity contribution is 0.0706. The molecule has 1 amide bonds. The summed E-state index contributed by atoms with van der Waals surface area (Å²) < 4.78 is 2.40. The topological polar surface area (TPSA) is 54.3 Å². The summed E-state index contributed by atoms with van der Waals surface area (Å²) in [5.41, 5.74) is 8.37. The number of thioether (sulfide) groups is 1. The summed E-state index contributed by atoms with van der Waals surface area (Å²) in [6.07, 6.45) is 1.07. The van der Waals surface area contributed by atoms with E-state index >= 15 is 0 Å². The van der Waals surface area contributed by atoms with E-state index in [4.69, 9.17) is 5.21 Å². The summed E-state index contributed by atoms with van der Waals surface area (Å²) in [6.45, 7) is 0.762. The first-order valence-corrected chi connectivity index (χ1v) is 10.6. The van der Waals surface area contributed by atoms with Gasteiger partial charge in [-0.1, -0.05) is 48.5 Å². The Morgan fingerprint density at radius 1 is 1.00 bits per heavy atom. The molecule has 144 valence electrons. The Balaban J connectivity index is 1.55. The molecule has 0 aliphatic carbocycles. The van der Waals surface area contributed by atoms with Crippen LogP contribution in [0.15, 0.2) is 77.7 Å². The lowest BCUT2D eigenvalue weighted by Gasteiger charge is -2.11. The number of nitrogens with zero attached hydrogens (tertiary/aromatic N) is 1. The van der Waals surface area contributed by atoms with E-state index in [9.17, 15) is 4.79 Å². The van der Waals surface area contributed by atoms with Crippen LogP contribution in [0.2, 0.25) is 0 Å². The van der Waals surface area contributed by atoms with Gasteiger partial charge in [0.2, 0.25) is 0 Å².